The van der Waals surface area contributed by atoms with Gasteiger partial charge in [-0.1, -0.05) is 276 Å². The molecule has 0 bridgehead atoms. The molecule has 0 saturated carbocycles. The van der Waals surface area contributed by atoms with Gasteiger partial charge in [0.05, 0.1) is 38.6 Å². The van der Waals surface area contributed by atoms with E-state index in [0.717, 1.165) is 38.5 Å². The molecule has 0 aromatic carbocycles. The first-order chi connectivity index (χ1) is 43.8. The third-order valence-electron chi connectivity index (χ3n) is 18.5. The van der Waals surface area contributed by atoms with E-state index in [1.54, 1.807) is 6.08 Å². The van der Waals surface area contributed by atoms with Crippen molar-refractivity contribution in [3.05, 3.63) is 24.3 Å². The van der Waals surface area contributed by atoms with Crippen LogP contribution >= 0.6 is 0 Å². The number of aliphatic hydroxyl groups is 11. The highest BCUT2D eigenvalue weighted by atomic mass is 16.8. The van der Waals surface area contributed by atoms with E-state index in [0.29, 0.717) is 12.8 Å². The summed E-state index contributed by atoms with van der Waals surface area (Å²) in [6.07, 6.45) is 34.8. The maximum atomic E-state index is 13.3. The van der Waals surface area contributed by atoms with Crippen LogP contribution in [0.5, 0.6) is 0 Å². The number of hydrogen-bond donors (Lipinski definition) is 12. The van der Waals surface area contributed by atoms with Gasteiger partial charge in [0.1, 0.15) is 73.2 Å². The number of aliphatic hydroxyl groups excluding tert-OH is 11. The minimum atomic E-state index is -1.98. The molecule has 12 N–H and O–H groups in total. The number of allylic oxidation sites excluding steroid dienone is 3. The van der Waals surface area contributed by atoms with E-state index < -0.39 is 124 Å². The van der Waals surface area contributed by atoms with Crippen LogP contribution in [0.3, 0.4) is 0 Å². The smallest absolute Gasteiger partial charge is 0.220 e. The Morgan fingerprint density at radius 3 is 1.11 bits per heavy atom. The van der Waals surface area contributed by atoms with Crippen LogP contribution < -0.4 is 5.32 Å². The highest BCUT2D eigenvalue weighted by molar-refractivity contribution is 5.76. The Kier molecular flexibility index (Phi) is 49.0. The summed E-state index contributed by atoms with van der Waals surface area (Å²) in [7, 11) is 0. The third kappa shape index (κ3) is 34.8. The number of carbonyl (C=O) groups is 1. The summed E-state index contributed by atoms with van der Waals surface area (Å²) in [5.74, 6) is -0.283. The molecule has 0 aliphatic carbocycles. The van der Waals surface area contributed by atoms with E-state index in [-0.39, 0.29) is 18.9 Å². The van der Waals surface area contributed by atoms with E-state index in [9.17, 15) is 61.0 Å². The van der Waals surface area contributed by atoms with Crippen LogP contribution in [-0.2, 0) is 33.2 Å². The standard InChI is InChI=1S/C71H133NO18/c1-3-5-7-9-11-13-15-17-18-19-20-21-22-23-24-25-26-27-28-29-30-31-32-33-34-35-36-37-38-40-42-44-46-48-55(76)54(72-59(77)49-47-45-43-41-39-16-14-12-10-8-6-4-2)53-85-69-65(83)62(80)67(57(51-74)87-69)90-71-66(84)63(81)68(58(52-75)88-71)89-70-64(82)61(79)60(78)56(50-73)86-70/h38,40,46,48,54-58,60-71,73-76,78-84H,3-37,39,41-45,47,49-53H2,1-2H3,(H,72,77)/b40-38+,48-46+. The molecular formula is C71H133NO18. The van der Waals surface area contributed by atoms with Crippen LogP contribution in [0.15, 0.2) is 24.3 Å². The molecule has 0 radical (unpaired) electrons. The molecule has 17 atom stereocenters. The van der Waals surface area contributed by atoms with Gasteiger partial charge in [-0.3, -0.25) is 4.79 Å². The second-order valence-corrected chi connectivity index (χ2v) is 26.4. The summed E-state index contributed by atoms with van der Waals surface area (Å²) in [5, 5.41) is 120. The normalized spacial score (nSPS) is 28.1. The highest BCUT2D eigenvalue weighted by Crippen LogP contribution is 2.33. The lowest BCUT2D eigenvalue weighted by atomic mass is 9.96. The zero-order valence-corrected chi connectivity index (χ0v) is 56.1. The minimum Gasteiger partial charge on any atom is -0.394 e. The summed E-state index contributed by atoms with van der Waals surface area (Å²) in [5.41, 5.74) is 0. The second-order valence-electron chi connectivity index (χ2n) is 26.4. The predicted molar refractivity (Wildman–Crippen MR) is 351 cm³/mol. The van der Waals surface area contributed by atoms with Crippen molar-refractivity contribution < 1.29 is 89.4 Å². The molecule has 3 rings (SSSR count). The Hall–Kier alpha value is -1.73. The molecule has 0 aromatic rings. The monoisotopic (exact) mass is 1290 g/mol. The van der Waals surface area contributed by atoms with Crippen molar-refractivity contribution >= 4 is 5.91 Å². The van der Waals surface area contributed by atoms with E-state index in [4.69, 9.17) is 28.4 Å². The van der Waals surface area contributed by atoms with Crippen molar-refractivity contribution in [1.82, 2.24) is 5.32 Å². The average molecular weight is 1290 g/mol. The molecule has 90 heavy (non-hydrogen) atoms. The second kappa shape index (κ2) is 53.4. The lowest BCUT2D eigenvalue weighted by molar-refractivity contribution is -0.379. The largest absolute Gasteiger partial charge is 0.394 e. The molecule has 19 nitrogen and oxygen atoms in total. The maximum Gasteiger partial charge on any atom is 0.220 e. The summed E-state index contributed by atoms with van der Waals surface area (Å²) in [6.45, 7) is 1.73. The fourth-order valence-corrected chi connectivity index (χ4v) is 12.6. The Bertz CT molecular complexity index is 1730. The van der Waals surface area contributed by atoms with Gasteiger partial charge in [0, 0.05) is 6.42 Å². The van der Waals surface area contributed by atoms with Crippen LogP contribution in [0, 0.1) is 0 Å². The van der Waals surface area contributed by atoms with Gasteiger partial charge in [-0.05, 0) is 32.1 Å². The zero-order valence-electron chi connectivity index (χ0n) is 56.1. The number of unbranched alkanes of at least 4 members (excludes halogenated alkanes) is 39. The van der Waals surface area contributed by atoms with Gasteiger partial charge >= 0.3 is 0 Å². The van der Waals surface area contributed by atoms with Crippen molar-refractivity contribution in [1.29, 1.82) is 0 Å². The number of hydrogen-bond acceptors (Lipinski definition) is 18. The van der Waals surface area contributed by atoms with Crippen molar-refractivity contribution in [3.63, 3.8) is 0 Å². The van der Waals surface area contributed by atoms with Gasteiger partial charge in [0.15, 0.2) is 18.9 Å². The topological polar surface area (TPSA) is 307 Å². The summed E-state index contributed by atoms with van der Waals surface area (Å²) in [4.78, 5) is 13.3. The molecule has 3 saturated heterocycles. The molecule has 17 unspecified atom stereocenters. The van der Waals surface area contributed by atoms with Crippen LogP contribution in [-0.4, -0.2) is 193 Å². The number of ether oxygens (including phenoxy) is 6. The molecule has 3 fully saturated rings. The lowest BCUT2D eigenvalue weighted by Crippen LogP contribution is -2.66. The van der Waals surface area contributed by atoms with E-state index >= 15 is 0 Å². The van der Waals surface area contributed by atoms with Crippen LogP contribution in [0.4, 0.5) is 0 Å². The van der Waals surface area contributed by atoms with Crippen molar-refractivity contribution in [2.75, 3.05) is 26.4 Å². The van der Waals surface area contributed by atoms with Crippen molar-refractivity contribution in [3.8, 4) is 0 Å². The van der Waals surface area contributed by atoms with Gasteiger partial charge in [-0.25, -0.2) is 0 Å². The Morgan fingerprint density at radius 1 is 0.389 bits per heavy atom. The zero-order chi connectivity index (χ0) is 65.4. The molecule has 530 valence electrons. The first kappa shape index (κ1) is 82.5. The average Bonchev–Trinajstić information content (AvgIpc) is 0.820. The quantitative estimate of drug-likeness (QED) is 0.0199. The summed E-state index contributed by atoms with van der Waals surface area (Å²) in [6, 6.07) is -0.986. The molecule has 19 heteroatoms. The number of carbonyl (C=O) groups excluding carboxylic acids is 1. The van der Waals surface area contributed by atoms with Gasteiger partial charge in [0.2, 0.25) is 5.91 Å². The van der Waals surface area contributed by atoms with Crippen LogP contribution in [0.1, 0.15) is 290 Å². The van der Waals surface area contributed by atoms with Gasteiger partial charge in [0.25, 0.3) is 0 Å². The first-order valence-corrected chi connectivity index (χ1v) is 36.6. The van der Waals surface area contributed by atoms with Crippen molar-refractivity contribution in [2.24, 2.45) is 0 Å². The fraction of sp³-hybridized carbons (Fsp3) is 0.930. The van der Waals surface area contributed by atoms with Gasteiger partial charge < -0.3 is 89.9 Å². The molecule has 3 aliphatic rings. The van der Waals surface area contributed by atoms with E-state index in [2.05, 4.69) is 31.3 Å². The van der Waals surface area contributed by atoms with Gasteiger partial charge in [-0.2, -0.15) is 0 Å². The highest BCUT2D eigenvalue weighted by Gasteiger charge is 2.53. The van der Waals surface area contributed by atoms with E-state index in [1.165, 1.54) is 218 Å². The fourth-order valence-electron chi connectivity index (χ4n) is 12.6. The Morgan fingerprint density at radius 2 is 0.711 bits per heavy atom. The maximum absolute atomic E-state index is 13.3. The Labute approximate surface area is 543 Å². The molecule has 1 amide bonds. The van der Waals surface area contributed by atoms with Gasteiger partial charge in [-0.15, -0.1) is 0 Å². The summed E-state index contributed by atoms with van der Waals surface area (Å²) < 4.78 is 34.3. The SMILES string of the molecule is CCCCCCCCCCCCCCCCCCCCCCCCCCCCC/C=C/CC/C=C/C(O)C(COC1OC(CO)C(OC2OC(CO)C(OC3OC(CO)C(O)C(O)C3O)C(O)C2O)C(O)C1O)NC(=O)CCCCCCCCCCCCCC. The lowest BCUT2D eigenvalue weighted by Gasteiger charge is -2.48. The molecule has 3 heterocycles. The number of amides is 1. The summed E-state index contributed by atoms with van der Waals surface area (Å²) >= 11 is 0. The predicted octanol–water partition coefficient (Wildman–Crippen LogP) is 10.2. The number of nitrogens with one attached hydrogen (secondary N) is 1. The minimum absolute atomic E-state index is 0.239. The molecular weight excluding hydrogens is 1150 g/mol. The number of rotatable bonds is 57. The van der Waals surface area contributed by atoms with Crippen LogP contribution in [0.2, 0.25) is 0 Å². The van der Waals surface area contributed by atoms with Crippen molar-refractivity contribution in [2.45, 2.75) is 394 Å². The molecule has 0 aromatic heterocycles. The molecule has 3 aliphatic heterocycles. The van der Waals surface area contributed by atoms with Crippen LogP contribution in [0.25, 0.3) is 0 Å². The van der Waals surface area contributed by atoms with E-state index in [1.807, 2.05) is 6.08 Å². The molecule has 0 spiro atoms. The Balaban J connectivity index is 1.36. The first-order valence-electron chi connectivity index (χ1n) is 36.6. The third-order valence-corrected chi connectivity index (χ3v) is 18.5.